The zero-order chi connectivity index (χ0) is 37.5. The molecule has 57 heavy (non-hydrogen) atoms. The Kier molecular flexibility index (Phi) is 7.25. The Morgan fingerprint density at radius 2 is 0.947 bits per heavy atom. The van der Waals surface area contributed by atoms with E-state index in [-0.39, 0.29) is 0 Å². The van der Waals surface area contributed by atoms with Crippen LogP contribution in [0.25, 0.3) is 76.6 Å². The van der Waals surface area contributed by atoms with Gasteiger partial charge in [-0.2, -0.15) is 0 Å². The lowest BCUT2D eigenvalue weighted by Crippen LogP contribution is -2.31. The monoisotopic (exact) mass is 761 g/mol. The minimum absolute atomic E-state index is 0.417. The summed E-state index contributed by atoms with van der Waals surface area (Å²) in [6.45, 7) is 0. The highest BCUT2D eigenvalue weighted by molar-refractivity contribution is 8.00. The molecule has 1 aliphatic heterocycles. The molecule has 12 rings (SSSR count). The number of hydrogen-bond acceptors (Lipinski definition) is 5. The van der Waals surface area contributed by atoms with Crippen LogP contribution in [-0.4, -0.2) is 15.0 Å². The van der Waals surface area contributed by atoms with Crippen LogP contribution < -0.4 is 0 Å². The van der Waals surface area contributed by atoms with E-state index in [2.05, 4.69) is 164 Å². The smallest absolute Gasteiger partial charge is 0.164 e. The second kappa shape index (κ2) is 12.7. The van der Waals surface area contributed by atoms with Crippen molar-refractivity contribution >= 4 is 43.3 Å². The summed E-state index contributed by atoms with van der Waals surface area (Å²) in [5.74, 6) is 1.97. The number of nitrogens with zero attached hydrogens (tertiary/aromatic N) is 3. The fourth-order valence-electron chi connectivity index (χ4n) is 9.19. The van der Waals surface area contributed by atoms with Crippen LogP contribution in [0, 0.1) is 0 Å². The Morgan fingerprint density at radius 3 is 1.70 bits per heavy atom. The van der Waals surface area contributed by atoms with Crippen LogP contribution >= 0.6 is 23.1 Å². The molecule has 2 aromatic heterocycles. The van der Waals surface area contributed by atoms with Gasteiger partial charge >= 0.3 is 0 Å². The summed E-state index contributed by atoms with van der Waals surface area (Å²) in [7, 11) is 0. The molecule has 266 valence electrons. The first-order valence-electron chi connectivity index (χ1n) is 19.2. The largest absolute Gasteiger partial charge is 0.208 e. The van der Waals surface area contributed by atoms with Crippen LogP contribution in [0.5, 0.6) is 0 Å². The molecule has 0 bridgehead atoms. The van der Waals surface area contributed by atoms with E-state index in [0.717, 1.165) is 27.8 Å². The van der Waals surface area contributed by atoms with Gasteiger partial charge in [0.2, 0.25) is 0 Å². The number of benzene rings is 8. The van der Waals surface area contributed by atoms with E-state index in [1.54, 1.807) is 0 Å². The van der Waals surface area contributed by atoms with Gasteiger partial charge in [0.05, 0.1) is 5.41 Å². The summed E-state index contributed by atoms with van der Waals surface area (Å²) < 4.78 is 2.51. The maximum atomic E-state index is 5.27. The van der Waals surface area contributed by atoms with Gasteiger partial charge in [0.25, 0.3) is 0 Å². The van der Waals surface area contributed by atoms with Gasteiger partial charge in [0.15, 0.2) is 17.5 Å². The second-order valence-corrected chi connectivity index (χ2v) is 16.8. The first-order chi connectivity index (χ1) is 28.3. The summed E-state index contributed by atoms with van der Waals surface area (Å²) in [5, 5.41) is 2.40. The van der Waals surface area contributed by atoms with Gasteiger partial charge in [-0.1, -0.05) is 182 Å². The molecule has 2 aliphatic rings. The fraction of sp³-hybridized carbons (Fsp3) is 0.0192. The molecule has 8 aromatic carbocycles. The molecular weight excluding hydrogens is 731 g/mol. The Morgan fingerprint density at radius 1 is 0.386 bits per heavy atom. The third-order valence-corrected chi connectivity index (χ3v) is 14.1. The quantitative estimate of drug-likeness (QED) is 0.179. The standard InChI is InChI=1S/C52H31N3S2/c1-3-15-32(16-4-1)34-19-13-20-35(31-34)50-53-49(33-17-5-2-6-18-33)54-51(55-50)39-23-14-28-45-46(39)38-29-30-43-48(47(38)57-45)56-44-27-12-11-26-42(44)52(43)40-24-9-7-21-36(40)37-22-8-10-25-41(37)52/h1-31H. The van der Waals surface area contributed by atoms with Gasteiger partial charge in [-0.3, -0.25) is 0 Å². The number of fused-ring (bicyclic) bond motifs is 13. The molecule has 0 atom stereocenters. The summed E-state index contributed by atoms with van der Waals surface area (Å²) >= 11 is 3.78. The first-order valence-corrected chi connectivity index (χ1v) is 20.8. The van der Waals surface area contributed by atoms with Gasteiger partial charge in [-0.25, -0.2) is 15.0 Å². The Hall–Kier alpha value is -6.66. The highest BCUT2D eigenvalue weighted by Crippen LogP contribution is 2.63. The Balaban J connectivity index is 1.10. The minimum Gasteiger partial charge on any atom is -0.208 e. The molecule has 0 amide bonds. The second-order valence-electron chi connectivity index (χ2n) is 14.7. The maximum Gasteiger partial charge on any atom is 0.164 e. The highest BCUT2D eigenvalue weighted by atomic mass is 32.2. The van der Waals surface area contributed by atoms with Crippen molar-refractivity contribution in [2.75, 3.05) is 0 Å². The van der Waals surface area contributed by atoms with Crippen molar-refractivity contribution in [3.05, 3.63) is 210 Å². The Labute approximate surface area is 338 Å². The summed E-state index contributed by atoms with van der Waals surface area (Å²) in [4.78, 5) is 18.2. The van der Waals surface area contributed by atoms with Gasteiger partial charge in [-0.15, -0.1) is 11.3 Å². The van der Waals surface area contributed by atoms with E-state index in [1.807, 2.05) is 47.4 Å². The normalized spacial score (nSPS) is 13.3. The van der Waals surface area contributed by atoms with E-state index in [4.69, 9.17) is 15.0 Å². The first kappa shape index (κ1) is 32.6. The SMILES string of the molecule is c1ccc(-c2cccc(-c3nc(-c4ccccc4)nc(-c4cccc5sc6c7c(ccc6c45)C4(c5ccccc5S7)c5ccccc5-c5ccccc54)n3)c2)cc1. The molecule has 0 unspecified atom stereocenters. The van der Waals surface area contributed by atoms with Crippen molar-refractivity contribution < 1.29 is 0 Å². The molecule has 10 aromatic rings. The van der Waals surface area contributed by atoms with E-state index < -0.39 is 5.41 Å². The predicted molar refractivity (Wildman–Crippen MR) is 236 cm³/mol. The molecule has 0 radical (unpaired) electrons. The van der Waals surface area contributed by atoms with Crippen molar-refractivity contribution in [3.8, 4) is 56.4 Å². The third kappa shape index (κ3) is 4.83. The third-order valence-electron chi connectivity index (χ3n) is 11.6. The van der Waals surface area contributed by atoms with E-state index in [9.17, 15) is 0 Å². The minimum atomic E-state index is -0.417. The zero-order valence-electron chi connectivity index (χ0n) is 30.6. The van der Waals surface area contributed by atoms with Crippen molar-refractivity contribution in [1.29, 1.82) is 0 Å². The van der Waals surface area contributed by atoms with Crippen molar-refractivity contribution in [2.24, 2.45) is 0 Å². The summed E-state index contributed by atoms with van der Waals surface area (Å²) in [6.07, 6.45) is 0. The van der Waals surface area contributed by atoms with Crippen LogP contribution in [0.4, 0.5) is 0 Å². The summed E-state index contributed by atoms with van der Waals surface area (Å²) in [5.41, 5.74) is 12.8. The fourth-order valence-corrected chi connectivity index (χ4v) is 11.8. The molecule has 0 N–H and O–H groups in total. The molecule has 0 saturated carbocycles. The molecular formula is C52H31N3S2. The van der Waals surface area contributed by atoms with Gasteiger partial charge in [0, 0.05) is 46.7 Å². The van der Waals surface area contributed by atoms with Crippen LogP contribution in [0.3, 0.4) is 0 Å². The van der Waals surface area contributed by atoms with Gasteiger partial charge in [-0.05, 0) is 62.7 Å². The van der Waals surface area contributed by atoms with Crippen LogP contribution in [0.15, 0.2) is 198 Å². The van der Waals surface area contributed by atoms with Crippen molar-refractivity contribution in [3.63, 3.8) is 0 Å². The molecule has 0 fully saturated rings. The highest BCUT2D eigenvalue weighted by Gasteiger charge is 2.50. The zero-order valence-corrected chi connectivity index (χ0v) is 32.2. The number of aromatic nitrogens is 3. The lowest BCUT2D eigenvalue weighted by molar-refractivity contribution is 0.726. The van der Waals surface area contributed by atoms with Gasteiger partial charge < -0.3 is 0 Å². The number of hydrogen-bond donors (Lipinski definition) is 0. The lowest BCUT2D eigenvalue weighted by atomic mass is 9.67. The van der Waals surface area contributed by atoms with E-state index in [1.165, 1.54) is 63.3 Å². The average molecular weight is 762 g/mol. The number of thiophene rings is 1. The molecule has 0 saturated heterocycles. The number of rotatable bonds is 4. The van der Waals surface area contributed by atoms with Crippen LogP contribution in [0.1, 0.15) is 22.3 Å². The van der Waals surface area contributed by atoms with Crippen molar-refractivity contribution in [1.82, 2.24) is 15.0 Å². The maximum absolute atomic E-state index is 5.27. The lowest BCUT2D eigenvalue weighted by Gasteiger charge is -2.39. The predicted octanol–water partition coefficient (Wildman–Crippen LogP) is 13.7. The molecule has 3 nitrogen and oxygen atoms in total. The average Bonchev–Trinajstić information content (AvgIpc) is 3.82. The van der Waals surface area contributed by atoms with E-state index >= 15 is 0 Å². The molecule has 3 heterocycles. The van der Waals surface area contributed by atoms with Crippen LogP contribution in [0.2, 0.25) is 0 Å². The van der Waals surface area contributed by atoms with E-state index in [0.29, 0.717) is 17.5 Å². The summed E-state index contributed by atoms with van der Waals surface area (Å²) in [6, 6.07) is 67.6. The molecule has 1 aliphatic carbocycles. The molecule has 5 heteroatoms. The van der Waals surface area contributed by atoms with Gasteiger partial charge in [0.1, 0.15) is 0 Å². The molecule has 1 spiro atoms. The topological polar surface area (TPSA) is 38.7 Å². The van der Waals surface area contributed by atoms with Crippen LogP contribution in [-0.2, 0) is 5.41 Å². The van der Waals surface area contributed by atoms with Crippen molar-refractivity contribution in [2.45, 2.75) is 15.2 Å². The Bertz CT molecular complexity index is 3180.